The Kier molecular flexibility index (Phi) is 6.50. The third kappa shape index (κ3) is 5.39. The Morgan fingerprint density at radius 1 is 1.24 bits per heavy atom. The van der Waals surface area contributed by atoms with Crippen LogP contribution in [0.25, 0.3) is 0 Å². The van der Waals surface area contributed by atoms with Gasteiger partial charge in [-0.3, -0.25) is 0 Å². The first-order chi connectivity index (χ1) is 8.09. The number of rotatable bonds is 7. The maximum absolute atomic E-state index is 5.64. The molecule has 0 amide bonds. The topological polar surface area (TPSA) is 21.3 Å². The fourth-order valence-corrected chi connectivity index (χ4v) is 2.76. The molecule has 0 aromatic rings. The molecule has 1 aliphatic rings. The van der Waals surface area contributed by atoms with Crippen LogP contribution in [0.3, 0.4) is 0 Å². The highest BCUT2D eigenvalue weighted by molar-refractivity contribution is 4.85. The van der Waals surface area contributed by atoms with E-state index in [4.69, 9.17) is 4.74 Å². The minimum Gasteiger partial charge on any atom is -0.380 e. The highest BCUT2D eigenvalue weighted by Crippen LogP contribution is 2.39. The van der Waals surface area contributed by atoms with Gasteiger partial charge < -0.3 is 10.1 Å². The molecule has 0 saturated heterocycles. The Balaban J connectivity index is 2.40. The molecule has 102 valence electrons. The summed E-state index contributed by atoms with van der Waals surface area (Å²) < 4.78 is 5.64. The van der Waals surface area contributed by atoms with Gasteiger partial charge in [0.2, 0.25) is 0 Å². The first-order valence-corrected chi connectivity index (χ1v) is 7.40. The smallest absolute Gasteiger partial charge is 0.0622 e. The van der Waals surface area contributed by atoms with Crippen LogP contribution < -0.4 is 5.32 Å². The minimum atomic E-state index is 0.567. The molecule has 2 heteroatoms. The molecule has 0 heterocycles. The third-order valence-corrected chi connectivity index (χ3v) is 4.11. The van der Waals surface area contributed by atoms with Crippen LogP contribution in [0.5, 0.6) is 0 Å². The zero-order valence-electron chi connectivity index (χ0n) is 12.2. The molecule has 2 nitrogen and oxygen atoms in total. The van der Waals surface area contributed by atoms with Crippen LogP contribution in [0.1, 0.15) is 59.8 Å². The largest absolute Gasteiger partial charge is 0.380 e. The Morgan fingerprint density at radius 3 is 2.41 bits per heavy atom. The van der Waals surface area contributed by atoms with Gasteiger partial charge in [0.25, 0.3) is 0 Å². The summed E-state index contributed by atoms with van der Waals surface area (Å²) in [5.74, 6) is 0.820. The molecule has 1 aliphatic carbocycles. The van der Waals surface area contributed by atoms with E-state index in [-0.39, 0.29) is 0 Å². The molecule has 1 rings (SSSR count). The van der Waals surface area contributed by atoms with E-state index in [0.717, 1.165) is 25.7 Å². The summed E-state index contributed by atoms with van der Waals surface area (Å²) in [5.41, 5.74) is 0.567. The molecule has 1 unspecified atom stereocenters. The second kappa shape index (κ2) is 7.38. The van der Waals surface area contributed by atoms with E-state index in [1.54, 1.807) is 0 Å². The average molecular weight is 241 g/mol. The Labute approximate surface area is 108 Å². The zero-order valence-corrected chi connectivity index (χ0v) is 12.2. The van der Waals surface area contributed by atoms with E-state index in [1.807, 2.05) is 0 Å². The van der Waals surface area contributed by atoms with Crippen molar-refractivity contribution in [1.29, 1.82) is 0 Å². The third-order valence-electron chi connectivity index (χ3n) is 4.11. The van der Waals surface area contributed by atoms with Gasteiger partial charge in [-0.15, -0.1) is 0 Å². The average Bonchev–Trinajstić information content (AvgIpc) is 2.30. The van der Waals surface area contributed by atoms with Gasteiger partial charge in [0.15, 0.2) is 0 Å². The molecule has 1 atom stereocenters. The van der Waals surface area contributed by atoms with E-state index < -0.39 is 0 Å². The second-order valence-electron chi connectivity index (χ2n) is 6.22. The summed E-state index contributed by atoms with van der Waals surface area (Å²) in [6.45, 7) is 12.0. The standard InChI is InChI=1S/C15H31NO/c1-5-11-16-14(12-17-6-2)13-7-9-15(3,4)10-8-13/h13-14,16H,5-12H2,1-4H3. The van der Waals surface area contributed by atoms with Crippen molar-refractivity contribution in [2.75, 3.05) is 19.8 Å². The maximum atomic E-state index is 5.64. The fourth-order valence-electron chi connectivity index (χ4n) is 2.76. The van der Waals surface area contributed by atoms with Crippen LogP contribution in [0.15, 0.2) is 0 Å². The van der Waals surface area contributed by atoms with Crippen LogP contribution in [0.4, 0.5) is 0 Å². The van der Waals surface area contributed by atoms with Gasteiger partial charge in [-0.05, 0) is 56.9 Å². The molecule has 0 aliphatic heterocycles. The summed E-state index contributed by atoms with van der Waals surface area (Å²) in [6.07, 6.45) is 6.67. The predicted octanol–water partition coefficient (Wildman–Crippen LogP) is 3.61. The predicted molar refractivity (Wildman–Crippen MR) is 74.3 cm³/mol. The van der Waals surface area contributed by atoms with Crippen molar-refractivity contribution in [2.45, 2.75) is 65.8 Å². The van der Waals surface area contributed by atoms with Gasteiger partial charge in [0, 0.05) is 12.6 Å². The van der Waals surface area contributed by atoms with Crippen molar-refractivity contribution >= 4 is 0 Å². The van der Waals surface area contributed by atoms with Crippen LogP contribution in [0.2, 0.25) is 0 Å². The maximum Gasteiger partial charge on any atom is 0.0622 e. The van der Waals surface area contributed by atoms with Crippen molar-refractivity contribution in [2.24, 2.45) is 11.3 Å². The van der Waals surface area contributed by atoms with E-state index >= 15 is 0 Å². The first-order valence-electron chi connectivity index (χ1n) is 7.40. The fraction of sp³-hybridized carbons (Fsp3) is 1.00. The number of hydrogen-bond donors (Lipinski definition) is 1. The van der Waals surface area contributed by atoms with Crippen molar-refractivity contribution in [3.8, 4) is 0 Å². The lowest BCUT2D eigenvalue weighted by Crippen LogP contribution is -2.42. The Hall–Kier alpha value is -0.0800. The minimum absolute atomic E-state index is 0.567. The summed E-state index contributed by atoms with van der Waals surface area (Å²) >= 11 is 0. The summed E-state index contributed by atoms with van der Waals surface area (Å²) in [7, 11) is 0. The molecule has 17 heavy (non-hydrogen) atoms. The summed E-state index contributed by atoms with van der Waals surface area (Å²) in [6, 6.07) is 0.575. The molecule has 1 N–H and O–H groups in total. The van der Waals surface area contributed by atoms with Gasteiger partial charge in [-0.1, -0.05) is 20.8 Å². The molecule has 0 radical (unpaired) electrons. The van der Waals surface area contributed by atoms with Gasteiger partial charge in [-0.25, -0.2) is 0 Å². The number of hydrogen-bond acceptors (Lipinski definition) is 2. The Morgan fingerprint density at radius 2 is 1.88 bits per heavy atom. The lowest BCUT2D eigenvalue weighted by molar-refractivity contribution is 0.0773. The molecule has 0 aromatic carbocycles. The van der Waals surface area contributed by atoms with Gasteiger partial charge in [0.1, 0.15) is 0 Å². The van der Waals surface area contributed by atoms with Crippen molar-refractivity contribution in [1.82, 2.24) is 5.32 Å². The summed E-state index contributed by atoms with van der Waals surface area (Å²) in [5, 5.41) is 3.68. The zero-order chi connectivity index (χ0) is 12.7. The molecular weight excluding hydrogens is 210 g/mol. The van der Waals surface area contributed by atoms with Gasteiger partial charge in [-0.2, -0.15) is 0 Å². The number of ether oxygens (including phenoxy) is 1. The van der Waals surface area contributed by atoms with E-state index in [2.05, 4.69) is 33.0 Å². The monoisotopic (exact) mass is 241 g/mol. The SMILES string of the molecule is CCCNC(COCC)C1CCC(C)(C)CC1. The molecule has 0 bridgehead atoms. The quantitative estimate of drug-likeness (QED) is 0.735. The lowest BCUT2D eigenvalue weighted by Gasteiger charge is -2.38. The number of nitrogens with one attached hydrogen (secondary N) is 1. The van der Waals surface area contributed by atoms with Crippen LogP contribution >= 0.6 is 0 Å². The molecule has 1 fully saturated rings. The van der Waals surface area contributed by atoms with Crippen LogP contribution in [0, 0.1) is 11.3 Å². The molecule has 1 saturated carbocycles. The molecular formula is C15H31NO. The van der Waals surface area contributed by atoms with Crippen molar-refractivity contribution in [3.05, 3.63) is 0 Å². The highest BCUT2D eigenvalue weighted by Gasteiger charge is 2.31. The Bertz CT molecular complexity index is 185. The summed E-state index contributed by atoms with van der Waals surface area (Å²) in [4.78, 5) is 0. The van der Waals surface area contributed by atoms with Gasteiger partial charge in [0.05, 0.1) is 6.61 Å². The van der Waals surface area contributed by atoms with E-state index in [9.17, 15) is 0 Å². The molecule has 0 aromatic heterocycles. The van der Waals surface area contributed by atoms with Crippen molar-refractivity contribution < 1.29 is 4.74 Å². The first kappa shape index (κ1) is 15.0. The van der Waals surface area contributed by atoms with Gasteiger partial charge >= 0.3 is 0 Å². The van der Waals surface area contributed by atoms with E-state index in [0.29, 0.717) is 11.5 Å². The van der Waals surface area contributed by atoms with Crippen LogP contribution in [-0.2, 0) is 4.74 Å². The second-order valence-corrected chi connectivity index (χ2v) is 6.22. The normalized spacial score (nSPS) is 22.6. The van der Waals surface area contributed by atoms with Crippen molar-refractivity contribution in [3.63, 3.8) is 0 Å². The van der Waals surface area contributed by atoms with Crippen LogP contribution in [-0.4, -0.2) is 25.8 Å². The highest BCUT2D eigenvalue weighted by atomic mass is 16.5. The molecule has 0 spiro atoms. The lowest BCUT2D eigenvalue weighted by atomic mass is 9.71. The van der Waals surface area contributed by atoms with E-state index in [1.165, 1.54) is 32.1 Å².